The molecule has 0 fully saturated rings. The summed E-state index contributed by atoms with van der Waals surface area (Å²) in [6.07, 6.45) is 0. The molecule has 0 aliphatic rings. The van der Waals surface area contributed by atoms with Crippen molar-refractivity contribution in [1.29, 1.82) is 0 Å². The van der Waals surface area contributed by atoms with Crippen molar-refractivity contribution in [3.05, 3.63) is 88.7 Å². The average molecular weight is 510 g/mol. The summed E-state index contributed by atoms with van der Waals surface area (Å²) in [5, 5.41) is 0. The zero-order valence-corrected chi connectivity index (χ0v) is 21.5. The Hall–Kier alpha value is -3.27. The summed E-state index contributed by atoms with van der Waals surface area (Å²) in [5.74, 6) is -0.432. The zero-order chi connectivity index (χ0) is 25.0. The van der Waals surface area contributed by atoms with E-state index >= 15 is 0 Å². The maximum absolute atomic E-state index is 13.0. The number of nitrogens with zero attached hydrogens (tertiary/aromatic N) is 3. The third kappa shape index (κ3) is 5.37. The maximum atomic E-state index is 13.0. The number of rotatable bonds is 8. The van der Waals surface area contributed by atoms with Crippen molar-refractivity contribution in [2.45, 2.75) is 25.3 Å². The summed E-state index contributed by atoms with van der Waals surface area (Å²) in [5.41, 5.74) is 3.00. The molecule has 35 heavy (non-hydrogen) atoms. The van der Waals surface area contributed by atoms with E-state index in [0.29, 0.717) is 35.8 Å². The fraction of sp³-hybridized carbons (Fsp3) is 0.231. The summed E-state index contributed by atoms with van der Waals surface area (Å²) in [6, 6.07) is 20.8. The minimum absolute atomic E-state index is 0.101. The van der Waals surface area contributed by atoms with E-state index in [1.807, 2.05) is 36.6 Å². The van der Waals surface area contributed by atoms with Crippen molar-refractivity contribution in [3.8, 4) is 0 Å². The molecule has 0 unspecified atom stereocenters. The first-order valence-electron chi connectivity index (χ1n) is 11.2. The molecule has 3 aromatic carbocycles. The fourth-order valence-electron chi connectivity index (χ4n) is 3.64. The molecule has 0 bridgehead atoms. The van der Waals surface area contributed by atoms with E-state index in [2.05, 4.69) is 11.1 Å². The Bertz CT molecular complexity index is 1510. The number of aryl methyl sites for hydroxylation is 1. The number of fused-ring (bicyclic) bond motifs is 1. The van der Waals surface area contributed by atoms with E-state index in [4.69, 9.17) is 4.74 Å². The van der Waals surface area contributed by atoms with Crippen LogP contribution < -0.4 is 9.11 Å². The van der Waals surface area contributed by atoms with Gasteiger partial charge in [0.2, 0.25) is 0 Å². The van der Waals surface area contributed by atoms with Crippen molar-refractivity contribution >= 4 is 43.2 Å². The molecule has 0 aliphatic heterocycles. The predicted octanol–water partition coefficient (Wildman–Crippen LogP) is 4.61. The first-order valence-corrected chi connectivity index (χ1v) is 13.5. The van der Waals surface area contributed by atoms with Crippen molar-refractivity contribution in [2.24, 2.45) is 4.99 Å². The van der Waals surface area contributed by atoms with Gasteiger partial charge >= 0.3 is 0 Å². The summed E-state index contributed by atoms with van der Waals surface area (Å²) in [7, 11) is -2.26. The molecule has 182 valence electrons. The van der Waals surface area contributed by atoms with Gasteiger partial charge in [-0.3, -0.25) is 9.10 Å². The van der Waals surface area contributed by atoms with Crippen LogP contribution in [-0.4, -0.2) is 39.2 Å². The first kappa shape index (κ1) is 24.8. The lowest BCUT2D eigenvalue weighted by Crippen LogP contribution is -2.26. The summed E-state index contributed by atoms with van der Waals surface area (Å²) in [6.45, 7) is 5.67. The Morgan fingerprint density at radius 1 is 1.06 bits per heavy atom. The van der Waals surface area contributed by atoms with Gasteiger partial charge in [-0.05, 0) is 67.9 Å². The van der Waals surface area contributed by atoms with Crippen LogP contribution in [0, 0.1) is 6.92 Å². The largest absolute Gasteiger partial charge is 0.380 e. The number of benzene rings is 3. The average Bonchev–Trinajstić information content (AvgIpc) is 3.20. The molecule has 0 saturated carbocycles. The normalized spacial score (nSPS) is 12.3. The molecule has 0 atom stereocenters. The third-order valence-electron chi connectivity index (χ3n) is 5.58. The molecule has 4 rings (SSSR count). The van der Waals surface area contributed by atoms with Crippen molar-refractivity contribution in [2.75, 3.05) is 24.6 Å². The Labute approximate surface area is 209 Å². The molecule has 4 aromatic rings. The fourth-order valence-corrected chi connectivity index (χ4v) is 5.99. The molecule has 1 heterocycles. The monoisotopic (exact) mass is 509 g/mol. The number of sulfonamides is 1. The van der Waals surface area contributed by atoms with Crippen LogP contribution >= 0.6 is 11.3 Å². The van der Waals surface area contributed by atoms with Crippen LogP contribution in [0.25, 0.3) is 10.2 Å². The van der Waals surface area contributed by atoms with Crippen molar-refractivity contribution in [3.63, 3.8) is 0 Å². The molecule has 0 radical (unpaired) electrons. The molecular weight excluding hydrogens is 482 g/mol. The lowest BCUT2D eigenvalue weighted by Gasteiger charge is -2.19. The number of ether oxygens (including phenoxy) is 1. The summed E-state index contributed by atoms with van der Waals surface area (Å²) >= 11 is 1.45. The van der Waals surface area contributed by atoms with Gasteiger partial charge < -0.3 is 9.30 Å². The maximum Gasteiger partial charge on any atom is 0.279 e. The number of carbonyl (C=O) groups is 1. The lowest BCUT2D eigenvalue weighted by molar-refractivity contribution is 0.0996. The van der Waals surface area contributed by atoms with Crippen LogP contribution in [0.4, 0.5) is 5.69 Å². The number of anilines is 1. The highest BCUT2D eigenvalue weighted by Gasteiger charge is 2.21. The number of para-hydroxylation sites is 1. The second-order valence-corrected chi connectivity index (χ2v) is 10.9. The SMILES string of the molecule is CCOCCn1c(=NC(=O)c2ccc(S(=O)(=O)N(C)c3ccccc3)cc2)sc2cc(C)ccc21. The van der Waals surface area contributed by atoms with E-state index in [-0.39, 0.29) is 4.90 Å². The van der Waals surface area contributed by atoms with Gasteiger partial charge in [-0.1, -0.05) is 35.6 Å². The third-order valence-corrected chi connectivity index (χ3v) is 8.42. The molecule has 0 aliphatic carbocycles. The molecule has 0 N–H and O–H groups in total. The van der Waals surface area contributed by atoms with E-state index in [0.717, 1.165) is 15.8 Å². The lowest BCUT2D eigenvalue weighted by atomic mass is 10.2. The van der Waals surface area contributed by atoms with E-state index in [1.54, 1.807) is 24.3 Å². The van der Waals surface area contributed by atoms with Gasteiger partial charge in [0, 0.05) is 25.8 Å². The Morgan fingerprint density at radius 2 is 1.77 bits per heavy atom. The topological polar surface area (TPSA) is 81.0 Å². The van der Waals surface area contributed by atoms with Crippen LogP contribution in [0.5, 0.6) is 0 Å². The minimum Gasteiger partial charge on any atom is -0.380 e. The number of hydrogen-bond donors (Lipinski definition) is 0. The zero-order valence-electron chi connectivity index (χ0n) is 19.8. The molecule has 1 amide bonds. The van der Waals surface area contributed by atoms with Gasteiger partial charge in [-0.25, -0.2) is 8.42 Å². The van der Waals surface area contributed by atoms with Gasteiger partial charge in [0.1, 0.15) is 0 Å². The quantitative estimate of drug-likeness (QED) is 0.325. The van der Waals surface area contributed by atoms with Crippen LogP contribution in [0.1, 0.15) is 22.8 Å². The van der Waals surface area contributed by atoms with Gasteiger partial charge in [0.25, 0.3) is 15.9 Å². The van der Waals surface area contributed by atoms with Crippen molar-refractivity contribution in [1.82, 2.24) is 4.57 Å². The molecular formula is C26H27N3O4S2. The standard InChI is InChI=1S/C26H27N3O4S2/c1-4-33-17-16-29-23-15-10-19(2)18-24(23)34-26(29)27-25(30)20-11-13-22(14-12-20)35(31,32)28(3)21-8-6-5-7-9-21/h5-15,18H,4,16-17H2,1-3H3. The highest BCUT2D eigenvalue weighted by molar-refractivity contribution is 7.92. The van der Waals surface area contributed by atoms with Crippen LogP contribution in [-0.2, 0) is 21.3 Å². The number of amides is 1. The Balaban J connectivity index is 1.64. The second kappa shape index (κ2) is 10.6. The number of thiazole rings is 1. The Morgan fingerprint density at radius 3 is 2.46 bits per heavy atom. The Kier molecular flexibility index (Phi) is 7.49. The van der Waals surface area contributed by atoms with Crippen LogP contribution in [0.2, 0.25) is 0 Å². The van der Waals surface area contributed by atoms with Gasteiger partial charge in [-0.2, -0.15) is 4.99 Å². The van der Waals surface area contributed by atoms with E-state index < -0.39 is 15.9 Å². The summed E-state index contributed by atoms with van der Waals surface area (Å²) in [4.78, 5) is 18.0. The first-order chi connectivity index (χ1) is 16.8. The smallest absolute Gasteiger partial charge is 0.279 e. The molecule has 0 spiro atoms. The number of hydrogen-bond acceptors (Lipinski definition) is 5. The predicted molar refractivity (Wildman–Crippen MR) is 139 cm³/mol. The van der Waals surface area contributed by atoms with Crippen LogP contribution in [0.15, 0.2) is 82.7 Å². The van der Waals surface area contributed by atoms with Gasteiger partial charge in [0.15, 0.2) is 4.80 Å². The summed E-state index contributed by atoms with van der Waals surface area (Å²) < 4.78 is 35.8. The number of carbonyl (C=O) groups excluding carboxylic acids is 1. The van der Waals surface area contributed by atoms with E-state index in [1.165, 1.54) is 47.0 Å². The highest BCUT2D eigenvalue weighted by atomic mass is 32.2. The van der Waals surface area contributed by atoms with Gasteiger partial charge in [-0.15, -0.1) is 0 Å². The second-order valence-electron chi connectivity index (χ2n) is 7.95. The molecule has 1 aromatic heterocycles. The number of aromatic nitrogens is 1. The van der Waals surface area contributed by atoms with Crippen LogP contribution in [0.3, 0.4) is 0 Å². The van der Waals surface area contributed by atoms with Gasteiger partial charge in [0.05, 0.1) is 27.4 Å². The van der Waals surface area contributed by atoms with Crippen molar-refractivity contribution < 1.29 is 17.9 Å². The van der Waals surface area contributed by atoms with E-state index in [9.17, 15) is 13.2 Å². The molecule has 9 heteroatoms. The minimum atomic E-state index is -3.76. The highest BCUT2D eigenvalue weighted by Crippen LogP contribution is 2.22. The molecule has 7 nitrogen and oxygen atoms in total. The molecule has 0 saturated heterocycles.